The predicted molar refractivity (Wildman–Crippen MR) is 132 cm³/mol. The van der Waals surface area contributed by atoms with Crippen LogP contribution >= 0.6 is 0 Å². The van der Waals surface area contributed by atoms with Crippen molar-refractivity contribution in [1.29, 1.82) is 0 Å². The zero-order valence-electron chi connectivity index (χ0n) is 18.3. The third-order valence-corrected chi connectivity index (χ3v) is 5.34. The molecule has 0 radical (unpaired) electrons. The van der Waals surface area contributed by atoms with Crippen LogP contribution in [0.5, 0.6) is 0 Å². The summed E-state index contributed by atoms with van der Waals surface area (Å²) in [7, 11) is 0. The molecule has 0 aliphatic rings. The first-order valence-corrected chi connectivity index (χ1v) is 10.8. The van der Waals surface area contributed by atoms with E-state index >= 15 is 0 Å². The topological polar surface area (TPSA) is 105 Å². The largest absolute Gasteiger partial charge is 0.393 e. The molecule has 4 rings (SSSR count). The molecule has 7 nitrogen and oxygen atoms in total. The summed E-state index contributed by atoms with van der Waals surface area (Å²) in [6.45, 7) is 2.11. The van der Waals surface area contributed by atoms with Gasteiger partial charge in [-0.15, -0.1) is 0 Å². The smallest absolute Gasteiger partial charge is 0.250 e. The minimum atomic E-state index is -0.488. The fourth-order valence-electron chi connectivity index (χ4n) is 3.53. The van der Waals surface area contributed by atoms with Gasteiger partial charge < -0.3 is 11.1 Å². The molecule has 0 saturated carbocycles. The summed E-state index contributed by atoms with van der Waals surface area (Å²) in [6.07, 6.45) is 2.36. The number of aromatic nitrogens is 2. The molecule has 0 fully saturated rings. The lowest BCUT2D eigenvalue weighted by atomic mass is 9.91. The fraction of sp³-hybridized carbons (Fsp3) is 0.115. The number of aryl methyl sites for hydroxylation is 1. The SMILES string of the molecule is CCc1ccc(Nc2ncnc(NNC(=O)C(c3ccccc3)c3ccccc3)c2N)cc1. The van der Waals surface area contributed by atoms with Crippen LogP contribution in [0.3, 0.4) is 0 Å². The quantitative estimate of drug-likeness (QED) is 0.299. The fourth-order valence-corrected chi connectivity index (χ4v) is 3.53. The molecule has 0 unspecified atom stereocenters. The standard InChI is InChI=1S/C26H26N6O/c1-2-18-13-15-21(16-14-18)30-24-23(27)25(29-17-28-24)31-32-26(33)22(19-9-5-3-6-10-19)20-11-7-4-8-12-20/h3-17,22H,2,27H2,1H3,(H,32,33)(H2,28,29,30,31). The molecule has 7 heteroatoms. The van der Waals surface area contributed by atoms with E-state index < -0.39 is 5.92 Å². The van der Waals surface area contributed by atoms with E-state index in [1.807, 2.05) is 84.9 Å². The minimum Gasteiger partial charge on any atom is -0.393 e. The lowest BCUT2D eigenvalue weighted by molar-refractivity contribution is -0.121. The van der Waals surface area contributed by atoms with E-state index in [0.29, 0.717) is 17.3 Å². The Morgan fingerprint density at radius 2 is 1.42 bits per heavy atom. The van der Waals surface area contributed by atoms with Crippen LogP contribution in [-0.4, -0.2) is 15.9 Å². The molecular weight excluding hydrogens is 412 g/mol. The first-order valence-electron chi connectivity index (χ1n) is 10.8. The zero-order chi connectivity index (χ0) is 23.0. The van der Waals surface area contributed by atoms with Gasteiger partial charge in [-0.1, -0.05) is 79.7 Å². The number of hydrogen-bond donors (Lipinski definition) is 4. The number of hydrazine groups is 1. The summed E-state index contributed by atoms with van der Waals surface area (Å²) < 4.78 is 0. The molecule has 1 heterocycles. The van der Waals surface area contributed by atoms with Crippen molar-refractivity contribution < 1.29 is 4.79 Å². The first-order chi connectivity index (χ1) is 16.2. The number of carbonyl (C=O) groups excluding carboxylic acids is 1. The predicted octanol–water partition coefficient (Wildman–Crippen LogP) is 4.64. The van der Waals surface area contributed by atoms with Crippen molar-refractivity contribution in [3.8, 4) is 0 Å². The van der Waals surface area contributed by atoms with Crippen molar-refractivity contribution in [3.63, 3.8) is 0 Å². The van der Waals surface area contributed by atoms with Gasteiger partial charge in [-0.25, -0.2) is 9.97 Å². The summed E-state index contributed by atoms with van der Waals surface area (Å²) in [5.41, 5.74) is 16.1. The van der Waals surface area contributed by atoms with Gasteiger partial charge in [0, 0.05) is 5.69 Å². The summed E-state index contributed by atoms with van der Waals surface area (Å²) in [6, 6.07) is 27.3. The van der Waals surface area contributed by atoms with E-state index in [4.69, 9.17) is 5.73 Å². The Labute approximate surface area is 193 Å². The molecule has 4 aromatic rings. The monoisotopic (exact) mass is 438 g/mol. The number of benzene rings is 3. The van der Waals surface area contributed by atoms with Gasteiger partial charge in [0.05, 0.1) is 5.92 Å². The van der Waals surface area contributed by atoms with E-state index in [9.17, 15) is 4.79 Å². The third kappa shape index (κ3) is 5.27. The van der Waals surface area contributed by atoms with Gasteiger partial charge in [-0.05, 0) is 35.2 Å². The molecule has 0 aliphatic heterocycles. The van der Waals surface area contributed by atoms with Crippen LogP contribution in [0.2, 0.25) is 0 Å². The van der Waals surface area contributed by atoms with Crippen LogP contribution in [0.25, 0.3) is 0 Å². The molecule has 1 aromatic heterocycles. The van der Waals surface area contributed by atoms with Gasteiger partial charge in [0.25, 0.3) is 0 Å². The molecule has 0 saturated heterocycles. The Morgan fingerprint density at radius 1 is 0.848 bits per heavy atom. The number of nitrogens with one attached hydrogen (secondary N) is 3. The average Bonchev–Trinajstić information content (AvgIpc) is 2.86. The van der Waals surface area contributed by atoms with Gasteiger partial charge in [-0.3, -0.25) is 15.6 Å². The lowest BCUT2D eigenvalue weighted by Gasteiger charge is -2.19. The number of carbonyl (C=O) groups is 1. The highest BCUT2D eigenvalue weighted by molar-refractivity contribution is 5.89. The van der Waals surface area contributed by atoms with Crippen LogP contribution in [0.4, 0.5) is 23.0 Å². The van der Waals surface area contributed by atoms with Gasteiger partial charge in [0.15, 0.2) is 11.6 Å². The third-order valence-electron chi connectivity index (χ3n) is 5.34. The maximum Gasteiger partial charge on any atom is 0.250 e. The van der Waals surface area contributed by atoms with E-state index in [0.717, 1.165) is 23.2 Å². The van der Waals surface area contributed by atoms with Crippen molar-refractivity contribution >= 4 is 28.9 Å². The molecular formula is C26H26N6O. The molecule has 0 bridgehead atoms. The number of amides is 1. The van der Waals surface area contributed by atoms with Crippen molar-refractivity contribution in [2.75, 3.05) is 16.5 Å². The molecule has 0 atom stereocenters. The number of rotatable bonds is 8. The number of anilines is 4. The molecule has 0 spiro atoms. The Balaban J connectivity index is 1.50. The van der Waals surface area contributed by atoms with Crippen molar-refractivity contribution in [2.45, 2.75) is 19.3 Å². The van der Waals surface area contributed by atoms with Crippen LogP contribution in [0, 0.1) is 0 Å². The molecule has 5 N–H and O–H groups in total. The number of nitrogens with zero attached hydrogens (tertiary/aromatic N) is 2. The highest BCUT2D eigenvalue weighted by Gasteiger charge is 2.23. The molecule has 33 heavy (non-hydrogen) atoms. The summed E-state index contributed by atoms with van der Waals surface area (Å²) in [4.78, 5) is 21.6. The van der Waals surface area contributed by atoms with Gasteiger partial charge in [-0.2, -0.15) is 0 Å². The summed E-state index contributed by atoms with van der Waals surface area (Å²) in [5, 5.41) is 3.20. The van der Waals surface area contributed by atoms with Crippen LogP contribution in [-0.2, 0) is 11.2 Å². The van der Waals surface area contributed by atoms with Crippen LogP contribution in [0.1, 0.15) is 29.5 Å². The van der Waals surface area contributed by atoms with E-state index in [-0.39, 0.29) is 5.91 Å². The van der Waals surface area contributed by atoms with E-state index in [1.165, 1.54) is 11.9 Å². The Morgan fingerprint density at radius 3 is 2.00 bits per heavy atom. The Bertz CT molecular complexity index is 1160. The normalized spacial score (nSPS) is 10.6. The highest BCUT2D eigenvalue weighted by atomic mass is 16.2. The maximum absolute atomic E-state index is 13.2. The van der Waals surface area contributed by atoms with Gasteiger partial charge in [0.2, 0.25) is 5.91 Å². The second kappa shape index (κ2) is 10.3. The number of nitrogens with two attached hydrogens (primary N) is 1. The van der Waals surface area contributed by atoms with Crippen molar-refractivity contribution in [1.82, 2.24) is 15.4 Å². The molecule has 166 valence electrons. The van der Waals surface area contributed by atoms with Gasteiger partial charge >= 0.3 is 0 Å². The first kappa shape index (κ1) is 21.8. The second-order valence-corrected chi connectivity index (χ2v) is 7.53. The maximum atomic E-state index is 13.2. The Kier molecular flexibility index (Phi) is 6.80. The zero-order valence-corrected chi connectivity index (χ0v) is 18.3. The van der Waals surface area contributed by atoms with Gasteiger partial charge in [0.1, 0.15) is 12.0 Å². The molecule has 0 aliphatic carbocycles. The van der Waals surface area contributed by atoms with Crippen LogP contribution < -0.4 is 21.9 Å². The van der Waals surface area contributed by atoms with E-state index in [1.54, 1.807) is 0 Å². The average molecular weight is 439 g/mol. The molecule has 3 aromatic carbocycles. The lowest BCUT2D eigenvalue weighted by Crippen LogP contribution is -2.35. The second-order valence-electron chi connectivity index (χ2n) is 7.53. The highest BCUT2D eigenvalue weighted by Crippen LogP contribution is 2.27. The van der Waals surface area contributed by atoms with Crippen molar-refractivity contribution in [3.05, 3.63) is 108 Å². The minimum absolute atomic E-state index is 0.227. The number of hydrogen-bond acceptors (Lipinski definition) is 6. The Hall–Kier alpha value is -4.39. The molecule has 1 amide bonds. The van der Waals surface area contributed by atoms with Crippen molar-refractivity contribution in [2.24, 2.45) is 0 Å². The van der Waals surface area contributed by atoms with E-state index in [2.05, 4.69) is 33.1 Å². The van der Waals surface area contributed by atoms with Crippen LogP contribution in [0.15, 0.2) is 91.3 Å². The summed E-state index contributed by atoms with van der Waals surface area (Å²) in [5.74, 6) is 0.0484. The summed E-state index contributed by atoms with van der Waals surface area (Å²) >= 11 is 0. The number of nitrogen functional groups attached to an aromatic ring is 1.